The van der Waals surface area contributed by atoms with Crippen LogP contribution in [0, 0.1) is 0 Å². The second kappa shape index (κ2) is 10.1. The number of carbonyl (C=O) groups excluding carboxylic acids is 1. The van der Waals surface area contributed by atoms with Crippen molar-refractivity contribution in [3.05, 3.63) is 103 Å². The summed E-state index contributed by atoms with van der Waals surface area (Å²) in [6, 6.07) is 22.5. The molecule has 8 nitrogen and oxygen atoms in total. The first-order chi connectivity index (χ1) is 18.7. The second-order valence-electron chi connectivity index (χ2n) is 8.95. The van der Waals surface area contributed by atoms with Crippen LogP contribution in [-0.4, -0.2) is 30.6 Å². The van der Waals surface area contributed by atoms with Gasteiger partial charge in [0.15, 0.2) is 0 Å². The lowest BCUT2D eigenvalue weighted by atomic mass is 10.0. The number of hydrogen-bond donors (Lipinski definition) is 2. The Bertz CT molecular complexity index is 1810. The van der Waals surface area contributed by atoms with Gasteiger partial charge in [-0.2, -0.15) is 5.10 Å². The van der Waals surface area contributed by atoms with Crippen LogP contribution >= 0.6 is 0 Å². The Morgan fingerprint density at radius 2 is 1.71 bits per heavy atom. The van der Waals surface area contributed by atoms with E-state index in [0.29, 0.717) is 17.2 Å². The molecule has 8 heteroatoms. The fourth-order valence-electron chi connectivity index (χ4n) is 4.60. The first-order valence-electron chi connectivity index (χ1n) is 12.4. The van der Waals surface area contributed by atoms with Gasteiger partial charge in [-0.05, 0) is 42.5 Å². The number of rotatable bonds is 7. The van der Waals surface area contributed by atoms with Crippen LogP contribution in [0.3, 0.4) is 0 Å². The van der Waals surface area contributed by atoms with Gasteiger partial charge in [-0.1, -0.05) is 60.7 Å². The zero-order chi connectivity index (χ0) is 25.9. The van der Waals surface area contributed by atoms with Crippen LogP contribution in [0.1, 0.15) is 12.5 Å². The molecule has 0 atom stereocenters. The summed E-state index contributed by atoms with van der Waals surface area (Å²) in [4.78, 5) is 25.2. The third-order valence-corrected chi connectivity index (χ3v) is 6.40. The Kier molecular flexibility index (Phi) is 6.19. The van der Waals surface area contributed by atoms with E-state index < -0.39 is 0 Å². The van der Waals surface area contributed by atoms with Gasteiger partial charge in [0, 0.05) is 34.6 Å². The summed E-state index contributed by atoms with van der Waals surface area (Å²) in [6.45, 7) is 2.58. The van der Waals surface area contributed by atoms with Gasteiger partial charge in [-0.3, -0.25) is 9.48 Å². The number of pyridine rings is 1. The molecular weight excluding hydrogens is 474 g/mol. The Morgan fingerprint density at radius 3 is 2.55 bits per heavy atom. The van der Waals surface area contributed by atoms with Crippen LogP contribution in [-0.2, 0) is 17.8 Å². The van der Waals surface area contributed by atoms with Gasteiger partial charge in [-0.15, -0.1) is 0 Å². The van der Waals surface area contributed by atoms with Crippen LogP contribution in [0.4, 0.5) is 17.3 Å². The van der Waals surface area contributed by atoms with E-state index in [1.54, 1.807) is 25.3 Å². The van der Waals surface area contributed by atoms with Crippen molar-refractivity contribution in [1.29, 1.82) is 0 Å². The molecule has 0 fully saturated rings. The number of anilines is 3. The summed E-state index contributed by atoms with van der Waals surface area (Å²) in [5.41, 5.74) is 3.74. The quantitative estimate of drug-likeness (QED) is 0.260. The van der Waals surface area contributed by atoms with Crippen LogP contribution in [0.2, 0.25) is 0 Å². The van der Waals surface area contributed by atoms with Crippen LogP contribution in [0.15, 0.2) is 97.6 Å². The van der Waals surface area contributed by atoms with Gasteiger partial charge in [-0.25, -0.2) is 15.0 Å². The normalized spacial score (nSPS) is 11.5. The van der Waals surface area contributed by atoms with Gasteiger partial charge in [0.25, 0.3) is 0 Å². The number of carbonyl (C=O) groups is 1. The summed E-state index contributed by atoms with van der Waals surface area (Å²) in [5.74, 6) is 0.799. The molecule has 6 aromatic rings. The maximum Gasteiger partial charge on any atom is 0.249 e. The van der Waals surface area contributed by atoms with Gasteiger partial charge in [0.05, 0.1) is 17.2 Å². The highest BCUT2D eigenvalue weighted by Gasteiger charge is 2.13. The first-order valence-corrected chi connectivity index (χ1v) is 12.4. The summed E-state index contributed by atoms with van der Waals surface area (Å²) < 4.78 is 2.01. The van der Waals surface area contributed by atoms with Crippen molar-refractivity contribution in [3.8, 4) is 0 Å². The zero-order valence-electron chi connectivity index (χ0n) is 20.8. The van der Waals surface area contributed by atoms with Crippen LogP contribution < -0.4 is 10.6 Å². The second-order valence-corrected chi connectivity index (χ2v) is 8.95. The van der Waals surface area contributed by atoms with Crippen molar-refractivity contribution in [1.82, 2.24) is 24.7 Å². The summed E-state index contributed by atoms with van der Waals surface area (Å²) >= 11 is 0. The zero-order valence-corrected chi connectivity index (χ0v) is 20.8. The predicted octanol–water partition coefficient (Wildman–Crippen LogP) is 6.03. The number of hydrogen-bond acceptors (Lipinski definition) is 6. The monoisotopic (exact) mass is 499 g/mol. The molecule has 3 aromatic heterocycles. The predicted molar refractivity (Wildman–Crippen MR) is 151 cm³/mol. The fourth-order valence-corrected chi connectivity index (χ4v) is 4.60. The number of aryl methyl sites for hydroxylation is 2. The number of aromatic nitrogens is 5. The van der Waals surface area contributed by atoms with Crippen LogP contribution in [0.25, 0.3) is 32.6 Å². The third-order valence-electron chi connectivity index (χ3n) is 6.40. The highest BCUT2D eigenvalue weighted by Crippen LogP contribution is 2.34. The molecule has 3 heterocycles. The molecular formula is C30H25N7O. The number of benzene rings is 3. The third kappa shape index (κ3) is 4.67. The van der Waals surface area contributed by atoms with Crippen molar-refractivity contribution in [2.75, 3.05) is 10.6 Å². The van der Waals surface area contributed by atoms with Crippen molar-refractivity contribution in [3.63, 3.8) is 0 Å². The number of nitrogens with one attached hydrogen (secondary N) is 2. The molecule has 0 saturated carbocycles. The van der Waals surface area contributed by atoms with Crippen molar-refractivity contribution in [2.24, 2.45) is 0 Å². The molecule has 0 bridgehead atoms. The highest BCUT2D eigenvalue weighted by molar-refractivity contribution is 6.13. The summed E-state index contributed by atoms with van der Waals surface area (Å²) in [6.07, 6.45) is 9.29. The molecule has 38 heavy (non-hydrogen) atoms. The Balaban J connectivity index is 1.38. The standard InChI is InChI=1S/C30H25N7O/c1-2-8-29(38)35-28-15-23-27(17-31-28)32-19-33-30(23)34-25-16-26-24(21-11-6-7-12-22(21)25)18-37(36-26)14-13-20-9-4-3-5-10-20/h2-12,15-19H,13-14H2,1H3,(H,31,35,38)(H,32,33,34). The first kappa shape index (κ1) is 23.3. The number of amides is 1. The average molecular weight is 500 g/mol. The van der Waals surface area contributed by atoms with E-state index >= 15 is 0 Å². The molecule has 0 aliphatic rings. The number of nitrogens with zero attached hydrogens (tertiary/aromatic N) is 5. The van der Waals surface area contributed by atoms with E-state index in [-0.39, 0.29) is 5.91 Å². The fraction of sp³-hybridized carbons (Fsp3) is 0.100. The molecule has 0 unspecified atom stereocenters. The van der Waals surface area contributed by atoms with Gasteiger partial charge in [0.1, 0.15) is 18.0 Å². The van der Waals surface area contributed by atoms with Gasteiger partial charge < -0.3 is 10.6 Å². The average Bonchev–Trinajstić information content (AvgIpc) is 3.36. The molecule has 0 spiro atoms. The van der Waals surface area contributed by atoms with Crippen molar-refractivity contribution < 1.29 is 4.79 Å². The smallest absolute Gasteiger partial charge is 0.249 e. The van der Waals surface area contributed by atoms with E-state index in [4.69, 9.17) is 5.10 Å². The van der Waals surface area contributed by atoms with E-state index in [2.05, 4.69) is 74.2 Å². The molecule has 6 rings (SSSR count). The molecule has 3 aromatic carbocycles. The van der Waals surface area contributed by atoms with Crippen LogP contribution in [0.5, 0.6) is 0 Å². The molecule has 186 valence electrons. The Hall–Kier alpha value is -5.11. The maximum atomic E-state index is 12.0. The van der Waals surface area contributed by atoms with E-state index in [9.17, 15) is 4.79 Å². The lowest BCUT2D eigenvalue weighted by Crippen LogP contribution is -2.09. The topological polar surface area (TPSA) is 97.6 Å². The molecule has 0 radical (unpaired) electrons. The highest BCUT2D eigenvalue weighted by atomic mass is 16.1. The van der Waals surface area contributed by atoms with Gasteiger partial charge in [0.2, 0.25) is 5.91 Å². The van der Waals surface area contributed by atoms with E-state index in [1.807, 2.05) is 22.9 Å². The minimum absolute atomic E-state index is 0.245. The minimum atomic E-state index is -0.245. The lowest BCUT2D eigenvalue weighted by molar-refractivity contribution is -0.111. The molecule has 0 aliphatic carbocycles. The molecule has 0 aliphatic heterocycles. The minimum Gasteiger partial charge on any atom is -0.339 e. The Labute approximate surface area is 219 Å². The largest absolute Gasteiger partial charge is 0.339 e. The summed E-state index contributed by atoms with van der Waals surface area (Å²) in [7, 11) is 0. The Morgan fingerprint density at radius 1 is 0.895 bits per heavy atom. The lowest BCUT2D eigenvalue weighted by Gasteiger charge is -2.12. The summed E-state index contributed by atoms with van der Waals surface area (Å²) in [5, 5.41) is 15.2. The number of fused-ring (bicyclic) bond motifs is 4. The SMILES string of the molecule is CC=CC(=O)Nc1cc2c(Nc3cc4nn(CCc5ccccc5)cc4c4ccccc34)ncnc2cn1. The van der Waals surface area contributed by atoms with Crippen molar-refractivity contribution >= 4 is 55.8 Å². The maximum absolute atomic E-state index is 12.0. The van der Waals surface area contributed by atoms with Gasteiger partial charge >= 0.3 is 0 Å². The van der Waals surface area contributed by atoms with E-state index in [0.717, 1.165) is 45.7 Å². The molecule has 1 amide bonds. The van der Waals surface area contributed by atoms with E-state index in [1.165, 1.54) is 18.0 Å². The molecule has 0 saturated heterocycles. The molecule has 2 N–H and O–H groups in total. The van der Waals surface area contributed by atoms with Crippen molar-refractivity contribution in [2.45, 2.75) is 19.9 Å². The number of allylic oxidation sites excluding steroid dienone is 1.